The summed E-state index contributed by atoms with van der Waals surface area (Å²) in [4.78, 5) is 0. The van der Waals surface area contributed by atoms with E-state index >= 15 is 0 Å². The van der Waals surface area contributed by atoms with E-state index in [9.17, 15) is 0 Å². The summed E-state index contributed by atoms with van der Waals surface area (Å²) in [5.74, 6) is 1.73. The third kappa shape index (κ3) is 3.49. The van der Waals surface area contributed by atoms with Crippen LogP contribution in [0.15, 0.2) is 60.7 Å². The first kappa shape index (κ1) is 16.2. The van der Waals surface area contributed by atoms with Gasteiger partial charge in [-0.3, -0.25) is 0 Å². The zero-order valence-electron chi connectivity index (χ0n) is 13.9. The Morgan fingerprint density at radius 1 is 0.783 bits per heavy atom. The van der Waals surface area contributed by atoms with Crippen LogP contribution in [0.1, 0.15) is 30.4 Å². The summed E-state index contributed by atoms with van der Waals surface area (Å²) in [5, 5.41) is 0. The highest BCUT2D eigenvalue weighted by molar-refractivity contribution is 5.47. The second-order valence-electron chi connectivity index (χ2n) is 6.16. The van der Waals surface area contributed by atoms with Crippen molar-refractivity contribution in [2.75, 3.05) is 14.2 Å². The van der Waals surface area contributed by atoms with Gasteiger partial charge in [-0.15, -0.1) is 0 Å². The maximum absolute atomic E-state index is 5.89. The molecule has 3 atom stereocenters. The van der Waals surface area contributed by atoms with Crippen LogP contribution in [-0.2, 0) is 9.47 Å². The number of benzene rings is 2. The lowest BCUT2D eigenvalue weighted by molar-refractivity contribution is -0.0815. The minimum Gasteiger partial charge on any atom is -0.379 e. The Kier molecular flexibility index (Phi) is 5.47. The maximum atomic E-state index is 5.89. The fourth-order valence-electron chi connectivity index (χ4n) is 3.83. The number of methoxy groups -OCH3 is 2. The summed E-state index contributed by atoms with van der Waals surface area (Å²) in [6.45, 7) is 0. The molecule has 1 aliphatic carbocycles. The fourth-order valence-corrected chi connectivity index (χ4v) is 3.83. The van der Waals surface area contributed by atoms with Gasteiger partial charge in [0.05, 0.1) is 12.2 Å². The molecule has 2 aromatic carbocycles. The van der Waals surface area contributed by atoms with E-state index in [1.165, 1.54) is 23.5 Å². The van der Waals surface area contributed by atoms with E-state index in [0.717, 1.165) is 12.8 Å². The molecular weight excluding hydrogens is 284 g/mol. The third-order valence-electron chi connectivity index (χ3n) is 4.88. The second kappa shape index (κ2) is 7.76. The van der Waals surface area contributed by atoms with Crippen molar-refractivity contribution >= 4 is 0 Å². The normalized spacial score (nSPS) is 24.7. The molecular formula is C21H25O2. The van der Waals surface area contributed by atoms with Crippen LogP contribution in [0.3, 0.4) is 0 Å². The summed E-state index contributed by atoms with van der Waals surface area (Å²) in [6, 6.07) is 21.4. The Bertz CT molecular complexity index is 542. The van der Waals surface area contributed by atoms with Gasteiger partial charge in [-0.05, 0) is 24.0 Å². The first-order valence-corrected chi connectivity index (χ1v) is 8.38. The van der Waals surface area contributed by atoms with Gasteiger partial charge in [0.25, 0.3) is 0 Å². The quantitative estimate of drug-likeness (QED) is 0.810. The van der Waals surface area contributed by atoms with Crippen molar-refractivity contribution in [1.82, 2.24) is 0 Å². The molecule has 0 amide bonds. The Balaban J connectivity index is 2.01. The van der Waals surface area contributed by atoms with Gasteiger partial charge < -0.3 is 9.47 Å². The smallest absolute Gasteiger partial charge is 0.0872 e. The van der Waals surface area contributed by atoms with Gasteiger partial charge in [0.15, 0.2) is 0 Å². The first-order chi connectivity index (χ1) is 11.3. The lowest BCUT2D eigenvalue weighted by atomic mass is 9.71. The molecule has 1 aliphatic rings. The Labute approximate surface area is 139 Å². The van der Waals surface area contributed by atoms with Gasteiger partial charge in [-0.25, -0.2) is 0 Å². The van der Waals surface area contributed by atoms with E-state index < -0.39 is 0 Å². The molecule has 23 heavy (non-hydrogen) atoms. The number of hydrogen-bond donors (Lipinski definition) is 0. The molecule has 1 fully saturated rings. The lowest BCUT2D eigenvalue weighted by Gasteiger charge is -2.40. The van der Waals surface area contributed by atoms with Crippen molar-refractivity contribution in [2.24, 2.45) is 5.92 Å². The van der Waals surface area contributed by atoms with Gasteiger partial charge in [0.2, 0.25) is 0 Å². The molecule has 2 heteroatoms. The SMILES string of the molecule is COC1CCCC([C](c2ccccc2)c2ccccc2)C1OC. The molecule has 0 aromatic heterocycles. The second-order valence-corrected chi connectivity index (χ2v) is 6.16. The lowest BCUT2D eigenvalue weighted by Crippen LogP contribution is -2.43. The minimum absolute atomic E-state index is 0.101. The number of hydrogen-bond acceptors (Lipinski definition) is 2. The summed E-state index contributed by atoms with van der Waals surface area (Å²) < 4.78 is 11.6. The Morgan fingerprint density at radius 3 is 1.83 bits per heavy atom. The Morgan fingerprint density at radius 2 is 1.35 bits per heavy atom. The largest absolute Gasteiger partial charge is 0.379 e. The summed E-state index contributed by atoms with van der Waals surface area (Å²) >= 11 is 0. The van der Waals surface area contributed by atoms with Crippen molar-refractivity contribution in [3.05, 3.63) is 77.7 Å². The zero-order valence-corrected chi connectivity index (χ0v) is 13.9. The van der Waals surface area contributed by atoms with Gasteiger partial charge in [0, 0.05) is 26.1 Å². The highest BCUT2D eigenvalue weighted by Crippen LogP contribution is 2.41. The molecule has 3 unspecified atom stereocenters. The standard InChI is InChI=1S/C21H25O2/c1-22-19-15-9-14-18(21(19)23-2)20(16-10-5-3-6-11-16)17-12-7-4-8-13-17/h3-8,10-13,18-19,21H,9,14-15H2,1-2H3. The van der Waals surface area contributed by atoms with Gasteiger partial charge in [-0.2, -0.15) is 0 Å². The highest BCUT2D eigenvalue weighted by Gasteiger charge is 2.39. The van der Waals surface area contributed by atoms with Crippen molar-refractivity contribution in [1.29, 1.82) is 0 Å². The molecule has 0 bridgehead atoms. The van der Waals surface area contributed by atoms with Crippen LogP contribution in [0.5, 0.6) is 0 Å². The molecule has 0 aliphatic heterocycles. The summed E-state index contributed by atoms with van der Waals surface area (Å²) in [7, 11) is 3.60. The molecule has 3 rings (SSSR count). The summed E-state index contributed by atoms with van der Waals surface area (Å²) in [6.07, 6.45) is 3.65. The predicted octanol–water partition coefficient (Wildman–Crippen LogP) is 4.49. The average Bonchev–Trinajstić information content (AvgIpc) is 2.63. The molecule has 0 spiro atoms. The van der Waals surface area contributed by atoms with Crippen molar-refractivity contribution in [3.63, 3.8) is 0 Å². The molecule has 121 valence electrons. The van der Waals surface area contributed by atoms with Crippen molar-refractivity contribution in [2.45, 2.75) is 31.5 Å². The first-order valence-electron chi connectivity index (χ1n) is 8.38. The molecule has 1 saturated carbocycles. The van der Waals surface area contributed by atoms with Crippen LogP contribution in [0, 0.1) is 11.8 Å². The van der Waals surface area contributed by atoms with E-state index in [-0.39, 0.29) is 12.2 Å². The van der Waals surface area contributed by atoms with Crippen LogP contribution in [0.4, 0.5) is 0 Å². The Hall–Kier alpha value is -1.64. The minimum atomic E-state index is 0.101. The molecule has 2 aromatic rings. The van der Waals surface area contributed by atoms with Crippen molar-refractivity contribution < 1.29 is 9.47 Å². The van der Waals surface area contributed by atoms with E-state index in [4.69, 9.17) is 9.47 Å². The topological polar surface area (TPSA) is 18.5 Å². The van der Waals surface area contributed by atoms with Crippen LogP contribution in [0.2, 0.25) is 0 Å². The monoisotopic (exact) mass is 309 g/mol. The molecule has 0 heterocycles. The van der Waals surface area contributed by atoms with E-state index in [2.05, 4.69) is 60.7 Å². The molecule has 2 nitrogen and oxygen atoms in total. The summed E-state index contributed by atoms with van der Waals surface area (Å²) in [5.41, 5.74) is 2.56. The molecule has 0 saturated heterocycles. The fraction of sp³-hybridized carbons (Fsp3) is 0.381. The van der Waals surface area contributed by atoms with Crippen LogP contribution in [0.25, 0.3) is 0 Å². The van der Waals surface area contributed by atoms with Crippen LogP contribution in [-0.4, -0.2) is 26.4 Å². The van der Waals surface area contributed by atoms with Crippen LogP contribution >= 0.6 is 0 Å². The highest BCUT2D eigenvalue weighted by atomic mass is 16.5. The van der Waals surface area contributed by atoms with Crippen LogP contribution < -0.4 is 0 Å². The van der Waals surface area contributed by atoms with Crippen molar-refractivity contribution in [3.8, 4) is 0 Å². The zero-order chi connectivity index (χ0) is 16.1. The number of ether oxygens (including phenoxy) is 2. The van der Waals surface area contributed by atoms with E-state index in [1.54, 1.807) is 7.11 Å². The number of rotatable bonds is 5. The average molecular weight is 309 g/mol. The molecule has 0 N–H and O–H groups in total. The van der Waals surface area contributed by atoms with E-state index in [0.29, 0.717) is 5.92 Å². The predicted molar refractivity (Wildman–Crippen MR) is 93.3 cm³/mol. The van der Waals surface area contributed by atoms with E-state index in [1.807, 2.05) is 7.11 Å². The maximum Gasteiger partial charge on any atom is 0.0872 e. The third-order valence-corrected chi connectivity index (χ3v) is 4.88. The molecule has 1 radical (unpaired) electrons. The van der Waals surface area contributed by atoms with Gasteiger partial charge in [-0.1, -0.05) is 67.1 Å². The van der Waals surface area contributed by atoms with Gasteiger partial charge in [0.1, 0.15) is 0 Å². The van der Waals surface area contributed by atoms with Gasteiger partial charge >= 0.3 is 0 Å².